The number of rotatable bonds is 0. The molecule has 8 aromatic carbocycles. The Morgan fingerprint density at radius 2 is 0.633 bits per heavy atom. The normalized spacial score (nSPS) is 12.3. The van der Waals surface area contributed by atoms with E-state index in [-0.39, 0.29) is 0 Å². The molecule has 2 aliphatic heterocycles. The Labute approximate surface area is 342 Å². The highest BCUT2D eigenvalue weighted by atomic mass is 15.1. The second-order valence-corrected chi connectivity index (χ2v) is 16.5. The molecule has 0 unspecified atom stereocenters. The summed E-state index contributed by atoms with van der Waals surface area (Å²) in [5.74, 6) is 2.35. The number of fused-ring (bicyclic) bond motifs is 28. The second-order valence-electron chi connectivity index (χ2n) is 16.5. The van der Waals surface area contributed by atoms with E-state index in [4.69, 9.17) is 29.9 Å². The van der Waals surface area contributed by atoms with Crippen molar-refractivity contribution in [1.29, 1.82) is 0 Å². The van der Waals surface area contributed by atoms with Crippen LogP contribution in [0.2, 0.25) is 0 Å². The Balaban J connectivity index is 1.28. The van der Waals surface area contributed by atoms with Crippen LogP contribution in [0.25, 0.3) is 133 Å². The maximum absolute atomic E-state index is 5.50. The summed E-state index contributed by atoms with van der Waals surface area (Å²) in [6, 6.07) is 43.3. The summed E-state index contributed by atoms with van der Waals surface area (Å²) in [7, 11) is 0. The number of aryl methyl sites for hydroxylation is 4. The summed E-state index contributed by atoms with van der Waals surface area (Å²) in [5.41, 5.74) is 11.1. The van der Waals surface area contributed by atoms with Crippen molar-refractivity contribution in [3.63, 3.8) is 0 Å². The van der Waals surface area contributed by atoms with Crippen molar-refractivity contribution in [3.05, 3.63) is 144 Å². The van der Waals surface area contributed by atoms with Gasteiger partial charge < -0.3 is 9.97 Å². The molecular formula is C52H34N8. The number of benzene rings is 8. The van der Waals surface area contributed by atoms with Gasteiger partial charge in [0, 0.05) is 43.8 Å². The van der Waals surface area contributed by atoms with Gasteiger partial charge in [-0.3, -0.25) is 0 Å². The van der Waals surface area contributed by atoms with Gasteiger partial charge in [0.2, 0.25) is 0 Å². The molecule has 0 spiro atoms. The van der Waals surface area contributed by atoms with Crippen molar-refractivity contribution < 1.29 is 0 Å². The molecule has 0 atom stereocenters. The predicted molar refractivity (Wildman–Crippen MR) is 245 cm³/mol. The van der Waals surface area contributed by atoms with Crippen LogP contribution in [0.15, 0.2) is 121 Å². The highest BCUT2D eigenvalue weighted by Crippen LogP contribution is 2.43. The van der Waals surface area contributed by atoms with Crippen LogP contribution >= 0.6 is 0 Å². The first-order valence-corrected chi connectivity index (χ1v) is 20.3. The highest BCUT2D eigenvalue weighted by molar-refractivity contribution is 6.21. The van der Waals surface area contributed by atoms with Crippen LogP contribution in [0.5, 0.6) is 0 Å². The van der Waals surface area contributed by atoms with E-state index in [0.29, 0.717) is 45.9 Å². The molecule has 0 saturated carbocycles. The lowest BCUT2D eigenvalue weighted by Crippen LogP contribution is -1.86. The molecule has 0 amide bonds. The quantitative estimate of drug-likeness (QED) is 0.159. The van der Waals surface area contributed by atoms with Crippen LogP contribution in [0.3, 0.4) is 0 Å². The zero-order chi connectivity index (χ0) is 40.0. The minimum Gasteiger partial charge on any atom is -0.324 e. The Morgan fingerprint density at radius 3 is 1.08 bits per heavy atom. The standard InChI is InChI=1S/C52H34N8/c1-25-5-9-29-13-17-33-41(37(29)21-25)49-54-45(33)53-46-34-18-14-30-10-6-26(2)22-38(30)42(34)50(55-46)57-48-36-20-16-32-12-8-28(4)24-40(32)44(36)52(59-48)60-51-43-35(47(56-49)58-51)19-15-31-11-7-27(3)23-39(31)43/h5-24H,1-4H3,(H2,53,54,55,56,57,58,59,60). The summed E-state index contributed by atoms with van der Waals surface area (Å²) in [6.45, 7) is 8.50. The summed E-state index contributed by atoms with van der Waals surface area (Å²) in [5, 5.41) is 12.7. The number of nitrogens with zero attached hydrogens (tertiary/aromatic N) is 6. The van der Waals surface area contributed by atoms with E-state index >= 15 is 0 Å². The smallest absolute Gasteiger partial charge is 0.165 e. The third-order valence-electron chi connectivity index (χ3n) is 12.4. The van der Waals surface area contributed by atoms with Gasteiger partial charge in [0.05, 0.1) is 0 Å². The van der Waals surface area contributed by atoms with E-state index in [0.717, 1.165) is 109 Å². The molecule has 2 N–H and O–H groups in total. The Hall–Kier alpha value is -7.84. The second kappa shape index (κ2) is 11.9. The van der Waals surface area contributed by atoms with Gasteiger partial charge in [0.15, 0.2) is 23.3 Å². The Morgan fingerprint density at radius 1 is 0.300 bits per heavy atom. The van der Waals surface area contributed by atoms with E-state index in [1.807, 2.05) is 0 Å². The lowest BCUT2D eigenvalue weighted by atomic mass is 9.98. The van der Waals surface area contributed by atoms with Crippen molar-refractivity contribution in [2.45, 2.75) is 27.7 Å². The van der Waals surface area contributed by atoms with Crippen LogP contribution in [-0.4, -0.2) is 39.9 Å². The average molecular weight is 771 g/mol. The molecule has 0 aliphatic carbocycles. The van der Waals surface area contributed by atoms with Gasteiger partial charge in [-0.25, -0.2) is 29.9 Å². The van der Waals surface area contributed by atoms with Crippen molar-refractivity contribution in [1.82, 2.24) is 39.9 Å². The fourth-order valence-electron chi connectivity index (χ4n) is 9.51. The first-order valence-electron chi connectivity index (χ1n) is 20.3. The zero-order valence-corrected chi connectivity index (χ0v) is 33.2. The maximum atomic E-state index is 5.50. The zero-order valence-electron chi connectivity index (χ0n) is 33.2. The first kappa shape index (κ1) is 33.2. The molecule has 3 aromatic heterocycles. The van der Waals surface area contributed by atoms with Crippen LogP contribution < -0.4 is 0 Å². The number of hydrogen-bond donors (Lipinski definition) is 2. The van der Waals surface area contributed by atoms with Crippen LogP contribution in [-0.2, 0) is 0 Å². The molecule has 0 fully saturated rings. The number of H-pyrrole nitrogens is 2. The van der Waals surface area contributed by atoms with E-state index in [1.54, 1.807) is 0 Å². The van der Waals surface area contributed by atoms with Gasteiger partial charge in [0.1, 0.15) is 22.6 Å². The molecule has 60 heavy (non-hydrogen) atoms. The summed E-state index contributed by atoms with van der Waals surface area (Å²) < 4.78 is 0. The van der Waals surface area contributed by atoms with Crippen LogP contribution in [0.4, 0.5) is 0 Å². The van der Waals surface area contributed by atoms with Crippen LogP contribution in [0.1, 0.15) is 22.3 Å². The summed E-state index contributed by atoms with van der Waals surface area (Å²) in [6.07, 6.45) is 0. The largest absolute Gasteiger partial charge is 0.324 e. The minimum atomic E-state index is 0.584. The molecule has 0 radical (unpaired) electrons. The van der Waals surface area contributed by atoms with E-state index < -0.39 is 0 Å². The fraction of sp³-hybridized carbons (Fsp3) is 0.0769. The van der Waals surface area contributed by atoms with Crippen molar-refractivity contribution in [2.24, 2.45) is 0 Å². The first-order chi connectivity index (χ1) is 29.3. The number of aromatic nitrogens is 8. The lowest BCUT2D eigenvalue weighted by molar-refractivity contribution is 1.19. The van der Waals surface area contributed by atoms with Crippen molar-refractivity contribution in [2.75, 3.05) is 0 Å². The molecule has 13 rings (SSSR count). The molecular weight excluding hydrogens is 737 g/mol. The average Bonchev–Trinajstić information content (AvgIpc) is 3.99. The Bertz CT molecular complexity index is 3950. The third-order valence-corrected chi connectivity index (χ3v) is 12.4. The van der Waals surface area contributed by atoms with E-state index in [2.05, 4.69) is 159 Å². The molecule has 282 valence electrons. The number of aromatic amines is 2. The van der Waals surface area contributed by atoms with Gasteiger partial charge in [-0.1, -0.05) is 119 Å². The lowest BCUT2D eigenvalue weighted by Gasteiger charge is -2.06. The molecule has 8 bridgehead atoms. The van der Waals surface area contributed by atoms with E-state index in [1.165, 1.54) is 0 Å². The minimum absolute atomic E-state index is 0.584. The van der Waals surface area contributed by atoms with Crippen molar-refractivity contribution in [3.8, 4) is 45.6 Å². The van der Waals surface area contributed by atoms with Gasteiger partial charge in [0.25, 0.3) is 0 Å². The highest BCUT2D eigenvalue weighted by Gasteiger charge is 2.26. The van der Waals surface area contributed by atoms with Gasteiger partial charge >= 0.3 is 0 Å². The molecule has 0 saturated heterocycles. The number of hydrogen-bond acceptors (Lipinski definition) is 6. The topological polar surface area (TPSA) is 109 Å². The number of nitrogens with one attached hydrogen (secondary N) is 2. The molecule has 2 aliphatic rings. The van der Waals surface area contributed by atoms with E-state index in [9.17, 15) is 0 Å². The predicted octanol–water partition coefficient (Wildman–Crippen LogP) is 12.7. The van der Waals surface area contributed by atoms with Gasteiger partial charge in [-0.15, -0.1) is 0 Å². The van der Waals surface area contributed by atoms with Gasteiger partial charge in [-0.05, 0) is 95.1 Å². The van der Waals surface area contributed by atoms with Gasteiger partial charge in [-0.2, -0.15) is 0 Å². The fourth-order valence-corrected chi connectivity index (χ4v) is 9.51. The Kier molecular flexibility index (Phi) is 6.56. The summed E-state index contributed by atoms with van der Waals surface area (Å²) in [4.78, 5) is 39.7. The molecule has 5 heterocycles. The SMILES string of the molecule is Cc1ccc2ccc3c(c2c1)-c1nc-3nc2[nH]c(nc3nc(nc4[nH]c(n1)c1ccc5ccc(C)cc5c41)-c1c-3ccc3ccc(C)cc13)c1c3cc(C)ccc3ccc21. The monoisotopic (exact) mass is 770 g/mol. The summed E-state index contributed by atoms with van der Waals surface area (Å²) >= 11 is 0. The molecule has 8 nitrogen and oxygen atoms in total. The molecule has 11 aromatic rings. The molecule has 8 heteroatoms. The third kappa shape index (κ3) is 4.73. The maximum Gasteiger partial charge on any atom is 0.165 e. The van der Waals surface area contributed by atoms with Crippen molar-refractivity contribution >= 4 is 87.2 Å². The van der Waals surface area contributed by atoms with Crippen LogP contribution in [0, 0.1) is 27.7 Å².